The molecule has 1 aliphatic heterocycles. The summed E-state index contributed by atoms with van der Waals surface area (Å²) in [5, 5.41) is 0. The highest BCUT2D eigenvalue weighted by Gasteiger charge is 2.27. The van der Waals surface area contributed by atoms with E-state index in [4.69, 9.17) is 4.74 Å². The van der Waals surface area contributed by atoms with Crippen molar-refractivity contribution in [1.29, 1.82) is 0 Å². The van der Waals surface area contributed by atoms with Gasteiger partial charge >= 0.3 is 5.97 Å². The molecule has 0 unspecified atom stereocenters. The Morgan fingerprint density at radius 2 is 1.39 bits per heavy atom. The lowest BCUT2D eigenvalue weighted by Gasteiger charge is -2.24. The molecule has 1 amide bonds. The van der Waals surface area contributed by atoms with Crippen LogP contribution in [-0.4, -0.2) is 28.5 Å². The van der Waals surface area contributed by atoms with Crippen molar-refractivity contribution in [2.75, 3.05) is 11.5 Å². The Balaban J connectivity index is 1.28. The fourth-order valence-electron chi connectivity index (χ4n) is 4.77. The molecule has 0 aliphatic carbocycles. The molecule has 0 bridgehead atoms. The zero-order chi connectivity index (χ0) is 24.5. The van der Waals surface area contributed by atoms with Gasteiger partial charge in [0, 0.05) is 5.56 Å². The smallest absolute Gasteiger partial charge is 0.339 e. The number of aromatic nitrogens is 2. The number of para-hydroxylation sites is 4. The van der Waals surface area contributed by atoms with E-state index in [9.17, 15) is 9.59 Å². The van der Waals surface area contributed by atoms with Crippen LogP contribution in [0.4, 0.5) is 11.4 Å². The molecular formula is C30H23N3O3. The van der Waals surface area contributed by atoms with E-state index in [0.29, 0.717) is 17.0 Å². The van der Waals surface area contributed by atoms with Crippen molar-refractivity contribution in [3.8, 4) is 11.4 Å². The largest absolute Gasteiger partial charge is 0.452 e. The minimum absolute atomic E-state index is 0.300. The van der Waals surface area contributed by atoms with Crippen molar-refractivity contribution >= 4 is 34.3 Å². The van der Waals surface area contributed by atoms with Crippen LogP contribution in [0.15, 0.2) is 97.1 Å². The summed E-state index contributed by atoms with van der Waals surface area (Å²) in [7, 11) is 0. The zero-order valence-corrected chi connectivity index (χ0v) is 19.5. The Bertz CT molecular complexity index is 1520. The SMILES string of the molecule is O=C(OCC(=O)N1c2ccccc2CCc2ccccc21)c1ccccc1-c1nc2ccccc2[nH]1. The molecule has 2 heterocycles. The number of carbonyl (C=O) groups is 2. The van der Waals surface area contributed by atoms with E-state index < -0.39 is 5.97 Å². The summed E-state index contributed by atoms with van der Waals surface area (Å²) in [6.45, 7) is -0.379. The number of benzene rings is 4. The van der Waals surface area contributed by atoms with Gasteiger partial charge in [-0.2, -0.15) is 0 Å². The number of hydrogen-bond donors (Lipinski definition) is 1. The lowest BCUT2D eigenvalue weighted by atomic mass is 10.0. The highest BCUT2D eigenvalue weighted by atomic mass is 16.5. The second kappa shape index (κ2) is 9.15. The number of nitrogens with one attached hydrogen (secondary N) is 1. The van der Waals surface area contributed by atoms with E-state index in [1.54, 1.807) is 17.0 Å². The highest BCUT2D eigenvalue weighted by molar-refractivity contribution is 6.05. The van der Waals surface area contributed by atoms with E-state index >= 15 is 0 Å². The molecule has 1 N–H and O–H groups in total. The molecule has 0 atom stereocenters. The molecular weight excluding hydrogens is 450 g/mol. The summed E-state index contributed by atoms with van der Waals surface area (Å²) in [4.78, 5) is 36.2. The van der Waals surface area contributed by atoms with Gasteiger partial charge in [-0.05, 0) is 54.3 Å². The minimum atomic E-state index is -0.573. The van der Waals surface area contributed by atoms with Gasteiger partial charge in [0.05, 0.1) is 28.0 Å². The summed E-state index contributed by atoms with van der Waals surface area (Å²) < 4.78 is 5.58. The van der Waals surface area contributed by atoms with E-state index in [1.165, 1.54) is 0 Å². The Labute approximate surface area is 208 Å². The van der Waals surface area contributed by atoms with Gasteiger partial charge < -0.3 is 9.72 Å². The molecule has 1 aliphatic rings. The maximum atomic E-state index is 13.5. The number of anilines is 2. The first-order valence-electron chi connectivity index (χ1n) is 11.9. The molecule has 0 saturated carbocycles. The number of hydrogen-bond acceptors (Lipinski definition) is 4. The van der Waals surface area contributed by atoms with Gasteiger partial charge in [-0.1, -0.05) is 66.7 Å². The standard InChI is InChI=1S/C30H23N3O3/c34-28(33-26-15-7-1-9-20(26)17-18-21-10-2-8-16-27(21)33)19-36-30(35)23-12-4-3-11-22(23)29-31-24-13-5-6-14-25(24)32-29/h1-16H,17-19H2,(H,31,32). The summed E-state index contributed by atoms with van der Waals surface area (Å²) in [5.74, 6) is -0.299. The van der Waals surface area contributed by atoms with E-state index in [1.807, 2.05) is 84.9 Å². The molecule has 0 saturated heterocycles. The van der Waals surface area contributed by atoms with Crippen molar-refractivity contribution in [2.24, 2.45) is 0 Å². The average molecular weight is 474 g/mol. The number of amides is 1. The predicted octanol–water partition coefficient (Wildman–Crippen LogP) is 5.85. The molecule has 5 aromatic rings. The molecule has 0 fully saturated rings. The van der Waals surface area contributed by atoms with Gasteiger partial charge in [0.25, 0.3) is 5.91 Å². The first kappa shape index (κ1) is 21.8. The van der Waals surface area contributed by atoms with Gasteiger partial charge in [0.1, 0.15) is 5.82 Å². The number of esters is 1. The third kappa shape index (κ3) is 3.92. The van der Waals surface area contributed by atoms with Crippen molar-refractivity contribution in [2.45, 2.75) is 12.8 Å². The van der Waals surface area contributed by atoms with Crippen LogP contribution in [0.25, 0.3) is 22.4 Å². The van der Waals surface area contributed by atoms with Crippen molar-refractivity contribution in [3.05, 3.63) is 114 Å². The predicted molar refractivity (Wildman–Crippen MR) is 139 cm³/mol. The maximum Gasteiger partial charge on any atom is 0.339 e. The van der Waals surface area contributed by atoms with Crippen LogP contribution in [0.2, 0.25) is 0 Å². The maximum absolute atomic E-state index is 13.5. The van der Waals surface area contributed by atoms with Crippen LogP contribution in [0.3, 0.4) is 0 Å². The zero-order valence-electron chi connectivity index (χ0n) is 19.5. The van der Waals surface area contributed by atoms with Gasteiger partial charge in [0.2, 0.25) is 0 Å². The first-order chi connectivity index (χ1) is 17.7. The minimum Gasteiger partial charge on any atom is -0.452 e. The summed E-state index contributed by atoms with van der Waals surface area (Å²) in [6.07, 6.45) is 1.67. The van der Waals surface area contributed by atoms with Crippen LogP contribution < -0.4 is 4.90 Å². The van der Waals surface area contributed by atoms with Crippen LogP contribution >= 0.6 is 0 Å². The van der Waals surface area contributed by atoms with Crippen molar-refractivity contribution in [1.82, 2.24) is 9.97 Å². The van der Waals surface area contributed by atoms with Crippen LogP contribution in [0.5, 0.6) is 0 Å². The Kier molecular flexibility index (Phi) is 5.54. The number of rotatable bonds is 4. The fourth-order valence-corrected chi connectivity index (χ4v) is 4.77. The second-order valence-corrected chi connectivity index (χ2v) is 8.71. The summed E-state index contributed by atoms with van der Waals surface area (Å²) in [6, 6.07) is 30.5. The molecule has 1 aromatic heterocycles. The number of aryl methyl sites for hydroxylation is 2. The number of fused-ring (bicyclic) bond motifs is 3. The van der Waals surface area contributed by atoms with Gasteiger partial charge in [-0.3, -0.25) is 9.69 Å². The van der Waals surface area contributed by atoms with E-state index in [-0.39, 0.29) is 12.5 Å². The third-order valence-corrected chi connectivity index (χ3v) is 6.50. The van der Waals surface area contributed by atoms with Crippen LogP contribution in [-0.2, 0) is 22.4 Å². The number of H-pyrrole nitrogens is 1. The molecule has 6 heteroatoms. The Hall–Kier alpha value is -4.71. The number of imidazole rings is 1. The number of nitrogens with zero attached hydrogens (tertiary/aromatic N) is 2. The summed E-state index contributed by atoms with van der Waals surface area (Å²) in [5.41, 5.74) is 6.48. The molecule has 4 aromatic carbocycles. The lowest BCUT2D eigenvalue weighted by molar-refractivity contribution is -0.120. The molecule has 36 heavy (non-hydrogen) atoms. The van der Waals surface area contributed by atoms with Gasteiger partial charge in [0.15, 0.2) is 6.61 Å². The number of carbonyl (C=O) groups excluding carboxylic acids is 2. The fraction of sp³-hybridized carbons (Fsp3) is 0.100. The highest BCUT2D eigenvalue weighted by Crippen LogP contribution is 2.36. The van der Waals surface area contributed by atoms with Crippen LogP contribution in [0, 0.1) is 0 Å². The van der Waals surface area contributed by atoms with Crippen molar-refractivity contribution in [3.63, 3.8) is 0 Å². The number of aromatic amines is 1. The second-order valence-electron chi connectivity index (χ2n) is 8.71. The average Bonchev–Trinajstić information content (AvgIpc) is 3.28. The van der Waals surface area contributed by atoms with E-state index in [2.05, 4.69) is 9.97 Å². The summed E-state index contributed by atoms with van der Waals surface area (Å²) >= 11 is 0. The molecule has 0 radical (unpaired) electrons. The lowest BCUT2D eigenvalue weighted by Crippen LogP contribution is -2.31. The van der Waals surface area contributed by atoms with Gasteiger partial charge in [-0.15, -0.1) is 0 Å². The molecule has 6 nitrogen and oxygen atoms in total. The molecule has 6 rings (SSSR count). The number of ether oxygens (including phenoxy) is 1. The third-order valence-electron chi connectivity index (χ3n) is 6.50. The van der Waals surface area contributed by atoms with Crippen molar-refractivity contribution < 1.29 is 14.3 Å². The van der Waals surface area contributed by atoms with Crippen LogP contribution in [0.1, 0.15) is 21.5 Å². The monoisotopic (exact) mass is 473 g/mol. The topological polar surface area (TPSA) is 75.3 Å². The van der Waals surface area contributed by atoms with Gasteiger partial charge in [-0.25, -0.2) is 9.78 Å². The quantitative estimate of drug-likeness (QED) is 0.332. The normalized spacial score (nSPS) is 12.5. The van der Waals surface area contributed by atoms with E-state index in [0.717, 1.165) is 46.4 Å². The first-order valence-corrected chi connectivity index (χ1v) is 11.9. The Morgan fingerprint density at radius 3 is 2.11 bits per heavy atom. The Morgan fingerprint density at radius 1 is 0.778 bits per heavy atom. The molecule has 176 valence electrons. The molecule has 0 spiro atoms.